The van der Waals surface area contributed by atoms with Gasteiger partial charge in [-0.2, -0.15) is 0 Å². The number of ether oxygens (including phenoxy) is 1. The number of fused-ring (bicyclic) bond motifs is 3. The van der Waals surface area contributed by atoms with E-state index in [0.29, 0.717) is 11.9 Å². The van der Waals surface area contributed by atoms with Crippen molar-refractivity contribution in [3.63, 3.8) is 0 Å². The van der Waals surface area contributed by atoms with Crippen LogP contribution in [0.5, 0.6) is 0 Å². The molecule has 0 unspecified atom stereocenters. The Morgan fingerprint density at radius 2 is 2.11 bits per heavy atom. The highest BCUT2D eigenvalue weighted by Gasteiger charge is 2.33. The predicted octanol–water partition coefficient (Wildman–Crippen LogP) is 4.80. The first-order valence-electron chi connectivity index (χ1n) is 9.83. The zero-order valence-electron chi connectivity index (χ0n) is 17.4. The van der Waals surface area contributed by atoms with Gasteiger partial charge in [-0.15, -0.1) is 11.3 Å². The third kappa shape index (κ3) is 4.94. The van der Waals surface area contributed by atoms with Gasteiger partial charge in [0.05, 0.1) is 17.6 Å². The van der Waals surface area contributed by atoms with E-state index in [1.807, 2.05) is 0 Å². The Morgan fingerprint density at radius 3 is 2.78 bits per heavy atom. The van der Waals surface area contributed by atoms with Crippen LogP contribution in [0.1, 0.15) is 51.0 Å². The number of aromatic nitrogens is 2. The van der Waals surface area contributed by atoms with Gasteiger partial charge in [-0.05, 0) is 46.0 Å². The van der Waals surface area contributed by atoms with Gasteiger partial charge in [0.15, 0.2) is 5.16 Å². The third-order valence-corrected chi connectivity index (χ3v) is 6.94. The summed E-state index contributed by atoms with van der Waals surface area (Å²) in [6.07, 6.45) is 3.04. The van der Waals surface area contributed by atoms with Crippen LogP contribution in [0.25, 0.3) is 10.2 Å². The van der Waals surface area contributed by atoms with Crippen molar-refractivity contribution in [1.29, 1.82) is 0 Å². The largest absolute Gasteiger partial charge is 0.369 e. The summed E-state index contributed by atoms with van der Waals surface area (Å²) in [5.41, 5.74) is 1.30. The molecule has 5 nitrogen and oxygen atoms in total. The molecule has 0 aromatic carbocycles. The highest BCUT2D eigenvalue weighted by molar-refractivity contribution is 7.99. The first-order valence-corrected chi connectivity index (χ1v) is 11.5. The molecule has 27 heavy (non-hydrogen) atoms. The molecule has 0 aliphatic carbocycles. The minimum absolute atomic E-state index is 0.0887. The summed E-state index contributed by atoms with van der Waals surface area (Å²) in [6.45, 7) is 11.5. The fourth-order valence-corrected chi connectivity index (χ4v) is 5.14. The predicted molar refractivity (Wildman–Crippen MR) is 117 cm³/mol. The van der Waals surface area contributed by atoms with Crippen LogP contribution < -0.4 is 5.32 Å². The van der Waals surface area contributed by atoms with Crippen molar-refractivity contribution < 1.29 is 4.74 Å². The topological polar surface area (TPSA) is 50.3 Å². The molecule has 2 aromatic rings. The van der Waals surface area contributed by atoms with Crippen LogP contribution in [0.3, 0.4) is 0 Å². The lowest BCUT2D eigenvalue weighted by atomic mass is 9.90. The molecule has 0 spiro atoms. The second kappa shape index (κ2) is 8.64. The molecule has 1 aliphatic rings. The lowest BCUT2D eigenvalue weighted by Gasteiger charge is -2.33. The Labute approximate surface area is 171 Å². The Bertz CT molecular complexity index is 790. The summed E-state index contributed by atoms with van der Waals surface area (Å²) in [6, 6.07) is 0. The number of thiophene rings is 1. The van der Waals surface area contributed by atoms with Gasteiger partial charge >= 0.3 is 0 Å². The molecule has 2 aromatic heterocycles. The van der Waals surface area contributed by atoms with Gasteiger partial charge in [-0.1, -0.05) is 32.5 Å². The molecule has 1 N–H and O–H groups in total. The second-order valence-electron chi connectivity index (χ2n) is 8.06. The fourth-order valence-electron chi connectivity index (χ4n) is 3.27. The molecule has 1 aliphatic heterocycles. The van der Waals surface area contributed by atoms with Gasteiger partial charge in [0, 0.05) is 23.1 Å². The fraction of sp³-hybridized carbons (Fsp3) is 0.700. The Morgan fingerprint density at radius 1 is 1.33 bits per heavy atom. The Kier molecular flexibility index (Phi) is 6.66. The minimum atomic E-state index is -0.0887. The van der Waals surface area contributed by atoms with Crippen LogP contribution in [0, 0.1) is 0 Å². The van der Waals surface area contributed by atoms with Gasteiger partial charge in [-0.25, -0.2) is 9.97 Å². The second-order valence-corrected chi connectivity index (χ2v) is 10.7. The lowest BCUT2D eigenvalue weighted by molar-refractivity contribution is -0.0542. The van der Waals surface area contributed by atoms with E-state index in [0.717, 1.165) is 48.2 Å². The quantitative estimate of drug-likeness (QED) is 0.385. The third-order valence-electron chi connectivity index (χ3n) is 4.98. The summed E-state index contributed by atoms with van der Waals surface area (Å²) in [5.74, 6) is 1.000. The van der Waals surface area contributed by atoms with E-state index in [2.05, 4.69) is 52.0 Å². The van der Waals surface area contributed by atoms with Crippen molar-refractivity contribution >= 4 is 39.1 Å². The number of hydrogen-bond acceptors (Lipinski definition) is 7. The molecule has 0 radical (unpaired) electrons. The highest BCUT2D eigenvalue weighted by atomic mass is 32.2. The normalized spacial score (nSPS) is 19.9. The van der Waals surface area contributed by atoms with Crippen LogP contribution in [-0.4, -0.2) is 52.9 Å². The number of anilines is 1. The molecule has 3 heterocycles. The maximum atomic E-state index is 6.16. The van der Waals surface area contributed by atoms with Gasteiger partial charge < -0.3 is 15.0 Å². The van der Waals surface area contributed by atoms with E-state index in [1.165, 1.54) is 15.8 Å². The van der Waals surface area contributed by atoms with Gasteiger partial charge in [0.2, 0.25) is 0 Å². The molecular weight excluding hydrogens is 376 g/mol. The maximum absolute atomic E-state index is 6.16. The lowest BCUT2D eigenvalue weighted by Crippen LogP contribution is -2.34. The summed E-state index contributed by atoms with van der Waals surface area (Å²) in [5, 5.41) is 6.16. The zero-order chi connectivity index (χ0) is 19.6. The van der Waals surface area contributed by atoms with Crippen molar-refractivity contribution in [2.45, 2.75) is 69.6 Å². The monoisotopic (exact) mass is 408 g/mol. The van der Waals surface area contributed by atoms with Gasteiger partial charge in [0.25, 0.3) is 0 Å². The van der Waals surface area contributed by atoms with E-state index in [-0.39, 0.29) is 5.60 Å². The molecular formula is C20H32N4OS2. The smallest absolute Gasteiger partial charge is 0.191 e. The molecule has 3 rings (SSSR count). The molecule has 0 fully saturated rings. The number of nitrogens with zero attached hydrogens (tertiary/aromatic N) is 3. The van der Waals surface area contributed by atoms with Crippen LogP contribution >= 0.6 is 23.1 Å². The summed E-state index contributed by atoms with van der Waals surface area (Å²) < 4.78 is 6.16. The summed E-state index contributed by atoms with van der Waals surface area (Å²) >= 11 is 3.50. The van der Waals surface area contributed by atoms with Crippen molar-refractivity contribution in [2.75, 3.05) is 32.5 Å². The molecule has 0 saturated carbocycles. The van der Waals surface area contributed by atoms with Crippen LogP contribution in [0.15, 0.2) is 5.16 Å². The van der Waals surface area contributed by atoms with Crippen molar-refractivity contribution in [1.82, 2.24) is 14.9 Å². The first kappa shape index (κ1) is 20.8. The van der Waals surface area contributed by atoms with Crippen LogP contribution in [-0.2, 0) is 17.8 Å². The molecule has 7 heteroatoms. The molecule has 1 atom stereocenters. The zero-order valence-corrected chi connectivity index (χ0v) is 19.0. The summed E-state index contributed by atoms with van der Waals surface area (Å²) in [7, 11) is 4.22. The number of hydrogen-bond donors (Lipinski definition) is 1. The van der Waals surface area contributed by atoms with Crippen LogP contribution in [0.4, 0.5) is 5.82 Å². The molecule has 0 amide bonds. The first-order chi connectivity index (χ1) is 12.8. The Balaban J connectivity index is 1.97. The van der Waals surface area contributed by atoms with Crippen molar-refractivity contribution in [2.24, 2.45) is 0 Å². The molecule has 0 bridgehead atoms. The molecule has 150 valence electrons. The SMILES string of the molecule is CC[C@]1(C)Cc2c(sc3nc(SC(C)C)nc(NCCCN(C)C)c23)CO1. The number of thioether (sulfide) groups is 1. The number of nitrogens with one attached hydrogen (secondary N) is 1. The summed E-state index contributed by atoms with van der Waals surface area (Å²) in [4.78, 5) is 14.4. The standard InChI is InChI=1S/C20H32N4OS2/c1-7-20(4)11-14-15(12-25-20)27-18-16(14)17(21-9-8-10-24(5)6)22-19(23-18)26-13(2)3/h13H,7-12H2,1-6H3,(H,21,22,23)/t20-/m1/s1. The van der Waals surface area contributed by atoms with Crippen molar-refractivity contribution in [3.05, 3.63) is 10.4 Å². The van der Waals surface area contributed by atoms with Crippen LogP contribution in [0.2, 0.25) is 0 Å². The molecule has 0 saturated heterocycles. The van der Waals surface area contributed by atoms with Crippen molar-refractivity contribution in [3.8, 4) is 0 Å². The van der Waals surface area contributed by atoms with E-state index < -0.39 is 0 Å². The Hall–Kier alpha value is -0.890. The highest BCUT2D eigenvalue weighted by Crippen LogP contribution is 2.42. The average Bonchev–Trinajstić information content (AvgIpc) is 2.95. The van der Waals surface area contributed by atoms with E-state index in [9.17, 15) is 0 Å². The maximum Gasteiger partial charge on any atom is 0.191 e. The van der Waals surface area contributed by atoms with E-state index in [1.54, 1.807) is 23.1 Å². The van der Waals surface area contributed by atoms with E-state index in [4.69, 9.17) is 14.7 Å². The average molecular weight is 409 g/mol. The minimum Gasteiger partial charge on any atom is -0.369 e. The van der Waals surface area contributed by atoms with Gasteiger partial charge in [-0.3, -0.25) is 0 Å². The van der Waals surface area contributed by atoms with E-state index >= 15 is 0 Å². The van der Waals surface area contributed by atoms with Gasteiger partial charge in [0.1, 0.15) is 10.6 Å². The number of rotatable bonds is 8.